The van der Waals surface area contributed by atoms with Gasteiger partial charge >= 0.3 is 6.55 Å². The van der Waals surface area contributed by atoms with Gasteiger partial charge in [0, 0.05) is 18.9 Å². The second-order valence-electron chi connectivity index (χ2n) is 5.05. The van der Waals surface area contributed by atoms with E-state index in [4.69, 9.17) is 0 Å². The SMILES string of the molecule is CCN(Cc1nccn1C(F)F)CC1CCNCC1. The van der Waals surface area contributed by atoms with Crippen LogP contribution in [0.25, 0.3) is 0 Å². The lowest BCUT2D eigenvalue weighted by atomic mass is 9.97. The van der Waals surface area contributed by atoms with Crippen LogP contribution in [0.4, 0.5) is 8.78 Å². The zero-order valence-corrected chi connectivity index (χ0v) is 11.4. The second kappa shape index (κ2) is 6.96. The number of halogens is 2. The first-order chi connectivity index (χ1) is 9.20. The summed E-state index contributed by atoms with van der Waals surface area (Å²) in [5, 5.41) is 3.34. The predicted octanol–water partition coefficient (Wildman–Crippen LogP) is 2.10. The molecule has 0 aliphatic carbocycles. The van der Waals surface area contributed by atoms with Crippen LogP contribution in [0.1, 0.15) is 32.1 Å². The maximum atomic E-state index is 12.8. The Hall–Kier alpha value is -1.01. The Morgan fingerprint density at radius 2 is 2.21 bits per heavy atom. The molecule has 4 nitrogen and oxygen atoms in total. The maximum Gasteiger partial charge on any atom is 0.319 e. The molecule has 1 aliphatic rings. The summed E-state index contributed by atoms with van der Waals surface area (Å²) in [5.41, 5.74) is 0. The van der Waals surface area contributed by atoms with E-state index in [1.807, 2.05) is 0 Å². The third kappa shape index (κ3) is 3.98. The van der Waals surface area contributed by atoms with E-state index in [0.717, 1.165) is 30.7 Å². The van der Waals surface area contributed by atoms with Gasteiger partial charge in [0.25, 0.3) is 0 Å². The number of hydrogen-bond donors (Lipinski definition) is 1. The van der Waals surface area contributed by atoms with Crippen LogP contribution in [0.2, 0.25) is 0 Å². The molecule has 1 N–H and O–H groups in total. The van der Waals surface area contributed by atoms with Crippen molar-refractivity contribution in [2.24, 2.45) is 5.92 Å². The van der Waals surface area contributed by atoms with Crippen molar-refractivity contribution in [2.75, 3.05) is 26.2 Å². The molecular weight excluding hydrogens is 250 g/mol. The molecule has 0 atom stereocenters. The molecule has 0 bridgehead atoms. The zero-order valence-electron chi connectivity index (χ0n) is 11.4. The average Bonchev–Trinajstić information content (AvgIpc) is 2.87. The Labute approximate surface area is 112 Å². The minimum atomic E-state index is -2.50. The fourth-order valence-electron chi connectivity index (χ4n) is 2.58. The van der Waals surface area contributed by atoms with Crippen LogP contribution in [0.15, 0.2) is 12.4 Å². The summed E-state index contributed by atoms with van der Waals surface area (Å²) < 4.78 is 26.5. The van der Waals surface area contributed by atoms with Gasteiger partial charge < -0.3 is 5.32 Å². The summed E-state index contributed by atoms with van der Waals surface area (Å²) in [6.45, 7) is 4.01. The van der Waals surface area contributed by atoms with Gasteiger partial charge in [0.15, 0.2) is 0 Å². The van der Waals surface area contributed by atoms with Crippen molar-refractivity contribution in [1.82, 2.24) is 19.8 Å². The second-order valence-corrected chi connectivity index (χ2v) is 5.05. The molecule has 19 heavy (non-hydrogen) atoms. The van der Waals surface area contributed by atoms with Crippen molar-refractivity contribution < 1.29 is 8.78 Å². The molecule has 1 aromatic heterocycles. The van der Waals surface area contributed by atoms with Crippen molar-refractivity contribution in [2.45, 2.75) is 32.9 Å². The van der Waals surface area contributed by atoms with Crippen molar-refractivity contribution in [1.29, 1.82) is 0 Å². The highest BCUT2D eigenvalue weighted by Gasteiger charge is 2.19. The number of nitrogens with zero attached hydrogens (tertiary/aromatic N) is 3. The fraction of sp³-hybridized carbons (Fsp3) is 0.769. The molecule has 0 unspecified atom stereocenters. The monoisotopic (exact) mass is 272 g/mol. The molecule has 6 heteroatoms. The van der Waals surface area contributed by atoms with Crippen LogP contribution >= 0.6 is 0 Å². The number of piperidine rings is 1. The molecular formula is C13H22F2N4. The summed E-state index contributed by atoms with van der Waals surface area (Å²) in [7, 11) is 0. The summed E-state index contributed by atoms with van der Waals surface area (Å²) in [4.78, 5) is 6.25. The lowest BCUT2D eigenvalue weighted by Gasteiger charge is -2.29. The van der Waals surface area contributed by atoms with Gasteiger partial charge in [-0.3, -0.25) is 9.47 Å². The van der Waals surface area contributed by atoms with Crippen LogP contribution < -0.4 is 5.32 Å². The van der Waals surface area contributed by atoms with Gasteiger partial charge in [-0.1, -0.05) is 6.92 Å². The lowest BCUT2D eigenvalue weighted by molar-refractivity contribution is 0.0633. The van der Waals surface area contributed by atoms with Gasteiger partial charge in [-0.2, -0.15) is 8.78 Å². The van der Waals surface area contributed by atoms with Crippen LogP contribution in [0, 0.1) is 5.92 Å². The summed E-state index contributed by atoms with van der Waals surface area (Å²) in [6, 6.07) is 0. The Bertz CT molecular complexity index is 374. The van der Waals surface area contributed by atoms with Crippen LogP contribution in [-0.4, -0.2) is 40.6 Å². The Morgan fingerprint density at radius 3 is 2.84 bits per heavy atom. The van der Waals surface area contributed by atoms with Crippen molar-refractivity contribution in [3.05, 3.63) is 18.2 Å². The normalized spacial score (nSPS) is 17.5. The highest BCUT2D eigenvalue weighted by Crippen LogP contribution is 2.17. The standard InChI is InChI=1S/C13H22F2N4/c1-2-18(9-11-3-5-16-6-4-11)10-12-17-7-8-19(12)13(14)15/h7-8,11,13,16H,2-6,9-10H2,1H3. The molecule has 0 aromatic carbocycles. The molecule has 108 valence electrons. The van der Waals surface area contributed by atoms with Gasteiger partial charge in [-0.25, -0.2) is 4.98 Å². The van der Waals surface area contributed by atoms with Gasteiger partial charge in [0.2, 0.25) is 0 Å². The highest BCUT2D eigenvalue weighted by molar-refractivity contribution is 4.93. The molecule has 0 radical (unpaired) electrons. The Balaban J connectivity index is 1.92. The van der Waals surface area contributed by atoms with E-state index in [1.54, 1.807) is 0 Å². The highest BCUT2D eigenvalue weighted by atomic mass is 19.3. The lowest BCUT2D eigenvalue weighted by Crippen LogP contribution is -2.36. The molecule has 1 aliphatic heterocycles. The van der Waals surface area contributed by atoms with Crippen molar-refractivity contribution in [3.63, 3.8) is 0 Å². The average molecular weight is 272 g/mol. The molecule has 0 saturated carbocycles. The van der Waals surface area contributed by atoms with E-state index in [1.165, 1.54) is 25.2 Å². The van der Waals surface area contributed by atoms with Crippen LogP contribution in [0.3, 0.4) is 0 Å². The largest absolute Gasteiger partial charge is 0.319 e. The molecule has 1 aromatic rings. The van der Waals surface area contributed by atoms with Crippen molar-refractivity contribution in [3.8, 4) is 0 Å². The van der Waals surface area contributed by atoms with Gasteiger partial charge in [-0.15, -0.1) is 0 Å². The molecule has 1 saturated heterocycles. The minimum absolute atomic E-state index is 0.450. The van der Waals surface area contributed by atoms with Crippen LogP contribution in [0.5, 0.6) is 0 Å². The Morgan fingerprint density at radius 1 is 1.47 bits per heavy atom. The first kappa shape index (κ1) is 14.4. The maximum absolute atomic E-state index is 12.8. The third-order valence-corrected chi connectivity index (χ3v) is 3.75. The molecule has 0 amide bonds. The summed E-state index contributed by atoms with van der Waals surface area (Å²) in [5.74, 6) is 1.11. The van der Waals surface area contributed by atoms with E-state index in [0.29, 0.717) is 18.3 Å². The van der Waals surface area contributed by atoms with Crippen molar-refractivity contribution >= 4 is 0 Å². The Kier molecular flexibility index (Phi) is 5.27. The smallest absolute Gasteiger partial charge is 0.317 e. The van der Waals surface area contributed by atoms with Gasteiger partial charge in [0.1, 0.15) is 5.82 Å². The number of aromatic nitrogens is 2. The predicted molar refractivity (Wildman–Crippen MR) is 70.0 cm³/mol. The molecule has 2 heterocycles. The van der Waals surface area contributed by atoms with Gasteiger partial charge in [0.05, 0.1) is 6.54 Å². The number of nitrogens with one attached hydrogen (secondary N) is 1. The first-order valence-corrected chi connectivity index (χ1v) is 6.93. The third-order valence-electron chi connectivity index (χ3n) is 3.75. The number of hydrogen-bond acceptors (Lipinski definition) is 3. The number of imidazole rings is 1. The van der Waals surface area contributed by atoms with E-state index in [9.17, 15) is 8.78 Å². The zero-order chi connectivity index (χ0) is 13.7. The van der Waals surface area contributed by atoms with E-state index in [-0.39, 0.29) is 0 Å². The topological polar surface area (TPSA) is 33.1 Å². The van der Waals surface area contributed by atoms with E-state index >= 15 is 0 Å². The first-order valence-electron chi connectivity index (χ1n) is 6.93. The quantitative estimate of drug-likeness (QED) is 0.861. The van der Waals surface area contributed by atoms with Crippen LogP contribution in [-0.2, 0) is 6.54 Å². The summed E-state index contributed by atoms with van der Waals surface area (Å²) >= 11 is 0. The van der Waals surface area contributed by atoms with E-state index < -0.39 is 6.55 Å². The molecule has 2 rings (SSSR count). The molecule has 1 fully saturated rings. The number of rotatable bonds is 6. The molecule has 0 spiro atoms. The summed E-state index contributed by atoms with van der Waals surface area (Å²) in [6.07, 6.45) is 5.12. The minimum Gasteiger partial charge on any atom is -0.317 e. The van der Waals surface area contributed by atoms with Gasteiger partial charge in [-0.05, 0) is 38.4 Å². The number of alkyl halides is 2. The van der Waals surface area contributed by atoms with E-state index in [2.05, 4.69) is 22.1 Å². The fourth-order valence-corrected chi connectivity index (χ4v) is 2.58.